The Morgan fingerprint density at radius 2 is 1.84 bits per heavy atom. The van der Waals surface area contributed by atoms with E-state index in [1.54, 1.807) is 16.8 Å². The molecule has 2 heterocycles. The summed E-state index contributed by atoms with van der Waals surface area (Å²) in [5, 5.41) is 19.2. The number of para-hydroxylation sites is 1. The average Bonchev–Trinajstić information content (AvgIpc) is 3.52. The monoisotopic (exact) mass is 518 g/mol. The van der Waals surface area contributed by atoms with Gasteiger partial charge in [0.25, 0.3) is 5.91 Å². The summed E-state index contributed by atoms with van der Waals surface area (Å²) in [7, 11) is 0. The zero-order valence-corrected chi connectivity index (χ0v) is 21.7. The molecule has 1 atom stereocenters. The lowest BCUT2D eigenvalue weighted by molar-refractivity contribution is -0.125. The topological polar surface area (TPSA) is 115 Å². The first kappa shape index (κ1) is 25.6. The summed E-state index contributed by atoms with van der Waals surface area (Å²) < 4.78 is 20.7. The fourth-order valence-electron chi connectivity index (χ4n) is 4.31. The normalized spacial score (nSPS) is 14.4. The number of hydrogen-bond acceptors (Lipinski definition) is 6. The smallest absolute Gasteiger partial charge is 0.273 e. The SMILES string of the molecule is CC(C)(C)[C@H](NC(=O)c1nn(Cc2ccc(F)cc2)c2ccccc12)C(=O)NCCc1nnc(C2CC2)o1. The van der Waals surface area contributed by atoms with Gasteiger partial charge in [-0.3, -0.25) is 14.3 Å². The van der Waals surface area contributed by atoms with Crippen LogP contribution in [-0.4, -0.2) is 44.4 Å². The molecular weight excluding hydrogens is 487 g/mol. The number of fused-ring (bicyclic) bond motifs is 1. The molecule has 5 rings (SSSR count). The second-order valence-electron chi connectivity index (χ2n) is 10.8. The zero-order valence-electron chi connectivity index (χ0n) is 21.7. The Balaban J connectivity index is 1.29. The first-order valence-corrected chi connectivity index (χ1v) is 12.8. The standard InChI is InChI=1S/C28H31FN6O3/c1-28(2,3)24(26(37)30-15-14-22-32-33-27(38-22)18-10-11-18)31-25(36)23-20-6-4-5-7-21(20)35(34-23)16-17-8-12-19(29)13-9-17/h4-9,12-13,18,24H,10-11,14-16H2,1-3H3,(H,30,37)(H,31,36)/t24-/m1/s1. The van der Waals surface area contributed by atoms with E-state index in [-0.39, 0.29) is 17.4 Å². The second-order valence-corrected chi connectivity index (χ2v) is 10.8. The number of carbonyl (C=O) groups is 2. The van der Waals surface area contributed by atoms with Crippen LogP contribution in [0, 0.1) is 11.2 Å². The number of nitrogens with one attached hydrogen (secondary N) is 2. The minimum atomic E-state index is -0.805. The van der Waals surface area contributed by atoms with E-state index in [0.717, 1.165) is 23.9 Å². The molecule has 0 saturated heterocycles. The van der Waals surface area contributed by atoms with E-state index in [2.05, 4.69) is 25.9 Å². The number of benzene rings is 2. The van der Waals surface area contributed by atoms with Crippen LogP contribution in [-0.2, 0) is 17.8 Å². The molecule has 198 valence electrons. The fraction of sp³-hybridized carbons (Fsp3) is 0.393. The number of carbonyl (C=O) groups excluding carboxylic acids is 2. The van der Waals surface area contributed by atoms with Crippen LogP contribution in [0.3, 0.4) is 0 Å². The van der Waals surface area contributed by atoms with Gasteiger partial charge in [0, 0.05) is 24.3 Å². The van der Waals surface area contributed by atoms with Crippen LogP contribution in [0.5, 0.6) is 0 Å². The molecule has 0 radical (unpaired) electrons. The van der Waals surface area contributed by atoms with Crippen LogP contribution in [0.25, 0.3) is 10.9 Å². The van der Waals surface area contributed by atoms with Gasteiger partial charge in [-0.15, -0.1) is 10.2 Å². The number of nitrogens with zero attached hydrogens (tertiary/aromatic N) is 4. The van der Waals surface area contributed by atoms with Gasteiger partial charge in [-0.2, -0.15) is 5.10 Å². The number of hydrogen-bond donors (Lipinski definition) is 2. The Bertz CT molecular complexity index is 1450. The van der Waals surface area contributed by atoms with Crippen molar-refractivity contribution in [3.63, 3.8) is 0 Å². The average molecular weight is 519 g/mol. The van der Waals surface area contributed by atoms with Gasteiger partial charge in [0.1, 0.15) is 11.9 Å². The first-order chi connectivity index (χ1) is 18.2. The Labute approximate surface area is 219 Å². The summed E-state index contributed by atoms with van der Waals surface area (Å²) in [6.45, 7) is 6.35. The third-order valence-electron chi connectivity index (χ3n) is 6.57. The van der Waals surface area contributed by atoms with Crippen molar-refractivity contribution in [2.45, 2.75) is 58.5 Å². The maximum atomic E-state index is 13.4. The van der Waals surface area contributed by atoms with Crippen LogP contribution in [0.2, 0.25) is 0 Å². The summed E-state index contributed by atoms with van der Waals surface area (Å²) in [4.78, 5) is 26.6. The molecule has 0 bridgehead atoms. The van der Waals surface area contributed by atoms with Crippen molar-refractivity contribution in [1.29, 1.82) is 0 Å². The number of halogens is 1. The quantitative estimate of drug-likeness (QED) is 0.346. The van der Waals surface area contributed by atoms with Crippen molar-refractivity contribution in [2.24, 2.45) is 5.41 Å². The predicted octanol–water partition coefficient (Wildman–Crippen LogP) is 3.99. The summed E-state index contributed by atoms with van der Waals surface area (Å²) in [5.41, 5.74) is 1.28. The maximum Gasteiger partial charge on any atom is 0.273 e. The molecule has 2 aromatic carbocycles. The Kier molecular flexibility index (Phi) is 6.96. The van der Waals surface area contributed by atoms with Crippen molar-refractivity contribution in [3.05, 3.63) is 77.4 Å². The Morgan fingerprint density at radius 1 is 1.11 bits per heavy atom. The van der Waals surface area contributed by atoms with Gasteiger partial charge in [-0.25, -0.2) is 4.39 Å². The van der Waals surface area contributed by atoms with Crippen molar-refractivity contribution >= 4 is 22.7 Å². The van der Waals surface area contributed by atoms with Crippen LogP contribution >= 0.6 is 0 Å². The van der Waals surface area contributed by atoms with Gasteiger partial charge in [0.2, 0.25) is 17.7 Å². The van der Waals surface area contributed by atoms with Crippen LogP contribution < -0.4 is 10.6 Å². The molecule has 2 amide bonds. The van der Waals surface area contributed by atoms with E-state index in [9.17, 15) is 14.0 Å². The molecule has 38 heavy (non-hydrogen) atoms. The van der Waals surface area contributed by atoms with Crippen molar-refractivity contribution < 1.29 is 18.4 Å². The van der Waals surface area contributed by atoms with Crippen molar-refractivity contribution in [2.75, 3.05) is 6.54 Å². The van der Waals surface area contributed by atoms with Gasteiger partial charge in [0.05, 0.1) is 12.1 Å². The number of aromatic nitrogens is 4. The highest BCUT2D eigenvalue weighted by Crippen LogP contribution is 2.39. The molecule has 0 spiro atoms. The van der Waals surface area contributed by atoms with Crippen LogP contribution in [0.4, 0.5) is 4.39 Å². The zero-order chi connectivity index (χ0) is 26.9. The highest BCUT2D eigenvalue weighted by molar-refractivity contribution is 6.06. The van der Waals surface area contributed by atoms with Crippen LogP contribution in [0.15, 0.2) is 52.9 Å². The van der Waals surface area contributed by atoms with Gasteiger partial charge < -0.3 is 15.1 Å². The maximum absolute atomic E-state index is 13.4. The number of rotatable bonds is 9. The molecule has 4 aromatic rings. The second kappa shape index (κ2) is 10.4. The van der Waals surface area contributed by atoms with Crippen molar-refractivity contribution in [3.8, 4) is 0 Å². The van der Waals surface area contributed by atoms with E-state index in [1.165, 1.54) is 12.1 Å². The predicted molar refractivity (Wildman–Crippen MR) is 139 cm³/mol. The molecule has 0 unspecified atom stereocenters. The van der Waals surface area contributed by atoms with E-state index < -0.39 is 17.4 Å². The van der Waals surface area contributed by atoms with E-state index in [0.29, 0.717) is 42.6 Å². The fourth-order valence-corrected chi connectivity index (χ4v) is 4.31. The Hall–Kier alpha value is -4.08. The van der Waals surface area contributed by atoms with Gasteiger partial charge in [-0.1, -0.05) is 51.1 Å². The van der Waals surface area contributed by atoms with Crippen molar-refractivity contribution in [1.82, 2.24) is 30.6 Å². The molecule has 2 aromatic heterocycles. The van der Waals surface area contributed by atoms with Gasteiger partial charge in [0.15, 0.2) is 5.69 Å². The third kappa shape index (κ3) is 5.74. The summed E-state index contributed by atoms with van der Waals surface area (Å²) in [6.07, 6.45) is 2.56. The lowest BCUT2D eigenvalue weighted by atomic mass is 9.86. The van der Waals surface area contributed by atoms with Gasteiger partial charge >= 0.3 is 0 Å². The molecule has 10 heteroatoms. The minimum absolute atomic E-state index is 0.225. The van der Waals surface area contributed by atoms with Gasteiger partial charge in [-0.05, 0) is 42.0 Å². The molecule has 1 aliphatic carbocycles. The molecular formula is C28H31FN6O3. The molecule has 9 nitrogen and oxygen atoms in total. The van der Waals surface area contributed by atoms with Crippen LogP contribution in [0.1, 0.15) is 67.4 Å². The minimum Gasteiger partial charge on any atom is -0.425 e. The summed E-state index contributed by atoms with van der Waals surface area (Å²) >= 11 is 0. The highest BCUT2D eigenvalue weighted by atomic mass is 19.1. The number of amides is 2. The third-order valence-corrected chi connectivity index (χ3v) is 6.57. The first-order valence-electron chi connectivity index (χ1n) is 12.8. The van der Waals surface area contributed by atoms with E-state index in [4.69, 9.17) is 4.42 Å². The molecule has 1 aliphatic rings. The van der Waals surface area contributed by atoms with E-state index >= 15 is 0 Å². The molecule has 2 N–H and O–H groups in total. The lowest BCUT2D eigenvalue weighted by Gasteiger charge is -2.30. The molecule has 1 saturated carbocycles. The summed E-state index contributed by atoms with van der Waals surface area (Å²) in [6, 6.07) is 12.8. The molecule has 1 fully saturated rings. The summed E-state index contributed by atoms with van der Waals surface area (Å²) in [5.74, 6) is 0.467. The largest absolute Gasteiger partial charge is 0.425 e. The Morgan fingerprint density at radius 3 is 2.55 bits per heavy atom. The van der Waals surface area contributed by atoms with E-state index in [1.807, 2.05) is 45.0 Å². The molecule has 0 aliphatic heterocycles. The lowest BCUT2D eigenvalue weighted by Crippen LogP contribution is -2.54. The highest BCUT2D eigenvalue weighted by Gasteiger charge is 2.34.